The van der Waals surface area contributed by atoms with Crippen LogP contribution in [0.15, 0.2) is 0 Å². The number of halogens is 1. The second kappa shape index (κ2) is 4.57. The van der Waals surface area contributed by atoms with Gasteiger partial charge in [-0.3, -0.25) is 4.90 Å². The number of aliphatic hydroxyl groups is 1. The Bertz CT molecular complexity index is 262. The molecule has 1 fully saturated rings. The standard InChI is InChI=1S/C11H20FNO3/c1-7(14)9-8(12)5-6-13(9)10(15)16-11(2,3)4/h7-9,14H,5-6H2,1-4H3/t7?,8-,9+/m0/s1. The van der Waals surface area contributed by atoms with E-state index in [0.717, 1.165) is 0 Å². The SMILES string of the molecule is CC(O)[C@@H]1[C@@H](F)CCN1C(=O)OC(C)(C)C. The molecule has 1 unspecified atom stereocenters. The first-order chi connectivity index (χ1) is 7.22. The van der Waals surface area contributed by atoms with Crippen LogP contribution in [-0.4, -0.2) is 46.6 Å². The van der Waals surface area contributed by atoms with Crippen molar-refractivity contribution >= 4 is 6.09 Å². The van der Waals surface area contributed by atoms with E-state index < -0.39 is 30.0 Å². The minimum atomic E-state index is -1.17. The molecule has 1 amide bonds. The summed E-state index contributed by atoms with van der Waals surface area (Å²) in [5.41, 5.74) is -0.602. The van der Waals surface area contributed by atoms with Crippen LogP contribution in [0.2, 0.25) is 0 Å². The number of carbonyl (C=O) groups is 1. The fourth-order valence-corrected chi connectivity index (χ4v) is 1.87. The molecule has 0 saturated carbocycles. The summed E-state index contributed by atoms with van der Waals surface area (Å²) < 4.78 is 18.6. The summed E-state index contributed by atoms with van der Waals surface area (Å²) in [4.78, 5) is 13.0. The zero-order valence-corrected chi connectivity index (χ0v) is 10.2. The number of hydrogen-bond donors (Lipinski definition) is 1. The van der Waals surface area contributed by atoms with Gasteiger partial charge in [-0.05, 0) is 34.1 Å². The molecule has 1 heterocycles. The molecule has 5 heteroatoms. The van der Waals surface area contributed by atoms with E-state index in [-0.39, 0.29) is 6.42 Å². The Morgan fingerprint density at radius 2 is 2.12 bits per heavy atom. The smallest absolute Gasteiger partial charge is 0.410 e. The number of rotatable bonds is 1. The third-order valence-electron chi connectivity index (χ3n) is 2.50. The summed E-state index contributed by atoms with van der Waals surface area (Å²) in [7, 11) is 0. The number of carbonyl (C=O) groups excluding carboxylic acids is 1. The summed E-state index contributed by atoms with van der Waals surface area (Å²) >= 11 is 0. The third-order valence-corrected chi connectivity index (χ3v) is 2.50. The average molecular weight is 233 g/mol. The number of likely N-dealkylation sites (tertiary alicyclic amines) is 1. The lowest BCUT2D eigenvalue weighted by Crippen LogP contribution is -2.47. The van der Waals surface area contributed by atoms with Gasteiger partial charge >= 0.3 is 6.09 Å². The highest BCUT2D eigenvalue weighted by Gasteiger charge is 2.41. The fraction of sp³-hybridized carbons (Fsp3) is 0.909. The Balaban J connectivity index is 2.69. The summed E-state index contributed by atoms with van der Waals surface area (Å²) in [5.74, 6) is 0. The van der Waals surface area contributed by atoms with Crippen molar-refractivity contribution in [3.8, 4) is 0 Å². The van der Waals surface area contributed by atoms with Crippen molar-refractivity contribution in [3.63, 3.8) is 0 Å². The summed E-state index contributed by atoms with van der Waals surface area (Å²) in [6, 6.07) is -0.783. The molecule has 16 heavy (non-hydrogen) atoms. The number of amides is 1. The van der Waals surface area contributed by atoms with Gasteiger partial charge in [-0.25, -0.2) is 9.18 Å². The molecular weight excluding hydrogens is 213 g/mol. The van der Waals surface area contributed by atoms with Gasteiger partial charge in [-0.2, -0.15) is 0 Å². The number of nitrogens with zero attached hydrogens (tertiary/aromatic N) is 1. The lowest BCUT2D eigenvalue weighted by Gasteiger charge is -2.30. The van der Waals surface area contributed by atoms with Crippen molar-refractivity contribution in [1.82, 2.24) is 4.90 Å². The van der Waals surface area contributed by atoms with Crippen LogP contribution < -0.4 is 0 Å². The van der Waals surface area contributed by atoms with Gasteiger partial charge < -0.3 is 9.84 Å². The van der Waals surface area contributed by atoms with Crippen molar-refractivity contribution in [2.45, 2.75) is 58.0 Å². The second-order valence-electron chi connectivity index (χ2n) is 5.21. The number of ether oxygens (including phenoxy) is 1. The molecule has 94 valence electrons. The van der Waals surface area contributed by atoms with Crippen LogP contribution in [-0.2, 0) is 4.74 Å². The van der Waals surface area contributed by atoms with Gasteiger partial charge in [-0.15, -0.1) is 0 Å². The van der Waals surface area contributed by atoms with Crippen molar-refractivity contribution in [2.24, 2.45) is 0 Å². The predicted molar refractivity (Wildman–Crippen MR) is 57.9 cm³/mol. The minimum Gasteiger partial charge on any atom is -0.444 e. The van der Waals surface area contributed by atoms with E-state index in [0.29, 0.717) is 6.54 Å². The first-order valence-corrected chi connectivity index (χ1v) is 5.54. The first kappa shape index (κ1) is 13.2. The molecular formula is C11H20FNO3. The summed E-state index contributed by atoms with van der Waals surface area (Å²) in [5, 5.41) is 9.45. The largest absolute Gasteiger partial charge is 0.444 e. The lowest BCUT2D eigenvalue weighted by atomic mass is 10.1. The molecule has 1 aliphatic rings. The number of alkyl halides is 1. The Labute approximate surface area is 95.4 Å². The van der Waals surface area contributed by atoms with Crippen molar-refractivity contribution in [2.75, 3.05) is 6.54 Å². The molecule has 0 aromatic rings. The Kier molecular flexibility index (Phi) is 3.78. The van der Waals surface area contributed by atoms with Crippen LogP contribution in [0.1, 0.15) is 34.1 Å². The highest BCUT2D eigenvalue weighted by Crippen LogP contribution is 2.25. The van der Waals surface area contributed by atoms with Crippen molar-refractivity contribution < 1.29 is 19.0 Å². The Hall–Kier alpha value is -0.840. The molecule has 3 atom stereocenters. The molecule has 0 aromatic carbocycles. The molecule has 0 spiro atoms. The molecule has 4 nitrogen and oxygen atoms in total. The zero-order chi connectivity index (χ0) is 12.5. The average Bonchev–Trinajstić information content (AvgIpc) is 2.43. The van der Waals surface area contributed by atoms with E-state index in [1.807, 2.05) is 0 Å². The molecule has 1 rings (SSSR count). The molecule has 1 N–H and O–H groups in total. The van der Waals surface area contributed by atoms with Crippen LogP contribution in [0.4, 0.5) is 9.18 Å². The van der Waals surface area contributed by atoms with Crippen LogP contribution in [0.3, 0.4) is 0 Å². The van der Waals surface area contributed by atoms with E-state index in [9.17, 15) is 14.3 Å². The maximum atomic E-state index is 13.5. The number of aliphatic hydroxyl groups excluding tert-OH is 1. The van der Waals surface area contributed by atoms with Gasteiger partial charge in [0.05, 0.1) is 12.1 Å². The summed E-state index contributed by atoms with van der Waals surface area (Å²) in [6.45, 7) is 7.05. The Morgan fingerprint density at radius 3 is 2.56 bits per heavy atom. The quantitative estimate of drug-likeness (QED) is 0.750. The van der Waals surface area contributed by atoms with E-state index >= 15 is 0 Å². The van der Waals surface area contributed by atoms with Gasteiger partial charge in [0.15, 0.2) is 0 Å². The maximum absolute atomic E-state index is 13.5. The van der Waals surface area contributed by atoms with Gasteiger partial charge in [0.25, 0.3) is 0 Å². The predicted octanol–water partition coefficient (Wildman–Crippen LogP) is 1.71. The topological polar surface area (TPSA) is 49.8 Å². The highest BCUT2D eigenvalue weighted by molar-refractivity contribution is 5.69. The molecule has 0 aromatic heterocycles. The fourth-order valence-electron chi connectivity index (χ4n) is 1.87. The van der Waals surface area contributed by atoms with Gasteiger partial charge in [0.2, 0.25) is 0 Å². The maximum Gasteiger partial charge on any atom is 0.410 e. The zero-order valence-electron chi connectivity index (χ0n) is 10.2. The van der Waals surface area contributed by atoms with Crippen molar-refractivity contribution in [3.05, 3.63) is 0 Å². The van der Waals surface area contributed by atoms with Gasteiger partial charge in [-0.1, -0.05) is 0 Å². The molecule has 0 aliphatic carbocycles. The summed E-state index contributed by atoms with van der Waals surface area (Å²) in [6.07, 6.45) is -2.36. The molecule has 0 bridgehead atoms. The van der Waals surface area contributed by atoms with E-state index in [1.54, 1.807) is 20.8 Å². The van der Waals surface area contributed by atoms with E-state index in [4.69, 9.17) is 4.74 Å². The lowest BCUT2D eigenvalue weighted by molar-refractivity contribution is -0.0000955. The monoisotopic (exact) mass is 233 g/mol. The van der Waals surface area contributed by atoms with E-state index in [1.165, 1.54) is 11.8 Å². The van der Waals surface area contributed by atoms with Crippen LogP contribution in [0.25, 0.3) is 0 Å². The van der Waals surface area contributed by atoms with Gasteiger partial charge in [0.1, 0.15) is 11.8 Å². The second-order valence-corrected chi connectivity index (χ2v) is 5.21. The molecule has 1 aliphatic heterocycles. The molecule has 1 saturated heterocycles. The Morgan fingerprint density at radius 1 is 1.56 bits per heavy atom. The van der Waals surface area contributed by atoms with Crippen LogP contribution in [0, 0.1) is 0 Å². The van der Waals surface area contributed by atoms with Crippen molar-refractivity contribution in [1.29, 1.82) is 0 Å². The minimum absolute atomic E-state index is 0.259. The normalized spacial score (nSPS) is 28.0. The van der Waals surface area contributed by atoms with Gasteiger partial charge in [0, 0.05) is 6.54 Å². The van der Waals surface area contributed by atoms with E-state index in [2.05, 4.69) is 0 Å². The first-order valence-electron chi connectivity index (χ1n) is 5.54. The highest BCUT2D eigenvalue weighted by atomic mass is 19.1. The number of hydrogen-bond acceptors (Lipinski definition) is 3. The third kappa shape index (κ3) is 3.07. The van der Waals surface area contributed by atoms with Crippen LogP contribution in [0.5, 0.6) is 0 Å². The van der Waals surface area contributed by atoms with Crippen LogP contribution >= 0.6 is 0 Å². The molecule has 0 radical (unpaired) electrons.